The average Bonchev–Trinajstić information content (AvgIpc) is 2.50. The Morgan fingerprint density at radius 3 is 1.55 bits per heavy atom. The van der Waals surface area contributed by atoms with E-state index >= 15 is 0 Å². The van der Waals surface area contributed by atoms with Gasteiger partial charge in [-0.1, -0.05) is 6.42 Å². The molecule has 8 heteroatoms. The quantitative estimate of drug-likeness (QED) is 0.290. The summed E-state index contributed by atoms with van der Waals surface area (Å²) in [7, 11) is 0. The lowest BCUT2D eigenvalue weighted by molar-refractivity contribution is -0.164. The van der Waals surface area contributed by atoms with Crippen LogP contribution in [0.5, 0.6) is 0 Å². The number of hydrogen-bond donors (Lipinski definition) is 0. The number of nitrogens with zero attached hydrogens (tertiary/aromatic N) is 1. The van der Waals surface area contributed by atoms with Crippen LogP contribution in [0.1, 0.15) is 80.6 Å². The summed E-state index contributed by atoms with van der Waals surface area (Å²) in [6.07, 6.45) is 2.29. The molecule has 0 aliphatic heterocycles. The van der Waals surface area contributed by atoms with Gasteiger partial charge in [-0.25, -0.2) is 0 Å². The summed E-state index contributed by atoms with van der Waals surface area (Å²) in [5.74, 6) is -1.76. The molecule has 0 spiro atoms. The minimum Gasteiger partial charge on any atom is -0.466 e. The Morgan fingerprint density at radius 2 is 1.14 bits per heavy atom. The highest BCUT2D eigenvalue weighted by Crippen LogP contribution is 2.12. The Labute approximate surface area is 174 Å². The summed E-state index contributed by atoms with van der Waals surface area (Å²) >= 11 is 0. The molecule has 8 nitrogen and oxygen atoms in total. The summed E-state index contributed by atoms with van der Waals surface area (Å²) in [4.78, 5) is 49.3. The summed E-state index contributed by atoms with van der Waals surface area (Å²) in [5, 5.41) is 0. The minimum absolute atomic E-state index is 0.161. The number of ether oxygens (including phenoxy) is 3. The number of rotatable bonds is 11. The first kappa shape index (κ1) is 26.9. The topological polar surface area (TPSA) is 99.2 Å². The second kappa shape index (κ2) is 12.4. The van der Waals surface area contributed by atoms with Gasteiger partial charge >= 0.3 is 17.9 Å². The average molecular weight is 416 g/mol. The van der Waals surface area contributed by atoms with Crippen molar-refractivity contribution in [3.8, 4) is 0 Å². The Bertz CT molecular complexity index is 528. The largest absolute Gasteiger partial charge is 0.466 e. The van der Waals surface area contributed by atoms with Crippen molar-refractivity contribution in [2.45, 2.75) is 91.8 Å². The van der Waals surface area contributed by atoms with Crippen LogP contribution in [0.3, 0.4) is 0 Å². The highest BCUT2D eigenvalue weighted by Gasteiger charge is 2.26. The van der Waals surface area contributed by atoms with Crippen LogP contribution in [0.15, 0.2) is 0 Å². The molecular formula is C21H37NO7. The van der Waals surface area contributed by atoms with Crippen LogP contribution in [-0.4, -0.2) is 59.6 Å². The van der Waals surface area contributed by atoms with E-state index in [1.54, 1.807) is 48.5 Å². The molecule has 0 aromatic rings. The molecule has 0 saturated heterocycles. The Morgan fingerprint density at radius 1 is 0.690 bits per heavy atom. The fraction of sp³-hybridized carbons (Fsp3) is 0.810. The molecule has 0 heterocycles. The van der Waals surface area contributed by atoms with E-state index in [2.05, 4.69) is 0 Å². The van der Waals surface area contributed by atoms with Crippen LogP contribution in [0, 0.1) is 0 Å². The van der Waals surface area contributed by atoms with E-state index in [4.69, 9.17) is 14.2 Å². The monoisotopic (exact) mass is 415 g/mol. The smallest absolute Gasteiger partial charge is 0.326 e. The van der Waals surface area contributed by atoms with Crippen molar-refractivity contribution in [3.05, 3.63) is 0 Å². The molecule has 0 bridgehead atoms. The molecule has 0 atom stereocenters. The fourth-order valence-electron chi connectivity index (χ4n) is 2.41. The zero-order chi connectivity index (χ0) is 22.7. The van der Waals surface area contributed by atoms with E-state index in [0.717, 1.165) is 4.90 Å². The number of esters is 3. The maximum absolute atomic E-state index is 12.6. The Balaban J connectivity index is 4.73. The molecule has 0 fully saturated rings. The van der Waals surface area contributed by atoms with E-state index in [1.165, 1.54) is 0 Å². The first-order valence-electron chi connectivity index (χ1n) is 10.1. The van der Waals surface area contributed by atoms with Crippen molar-refractivity contribution in [2.75, 3.05) is 19.7 Å². The molecule has 0 N–H and O–H groups in total. The molecule has 1 amide bonds. The second-order valence-electron chi connectivity index (χ2n) is 8.79. The van der Waals surface area contributed by atoms with Crippen molar-refractivity contribution in [3.63, 3.8) is 0 Å². The van der Waals surface area contributed by atoms with E-state index < -0.39 is 23.1 Å². The number of carbonyl (C=O) groups excluding carboxylic acids is 4. The standard InChI is InChI=1S/C21H37NO7/c1-8-27-17(24)13-11-9-10-12-16(23)22(14-18(25)28-20(2,3)4)15-19(26)29-21(5,6)7/h8-15H2,1-7H3. The zero-order valence-corrected chi connectivity index (χ0v) is 19.0. The van der Waals surface area contributed by atoms with E-state index in [-0.39, 0.29) is 31.4 Å². The molecule has 0 radical (unpaired) electrons. The van der Waals surface area contributed by atoms with Crippen LogP contribution in [-0.2, 0) is 33.4 Å². The molecule has 0 aromatic heterocycles. The maximum atomic E-state index is 12.6. The lowest BCUT2D eigenvalue weighted by Gasteiger charge is -2.26. The Kier molecular flexibility index (Phi) is 11.5. The van der Waals surface area contributed by atoms with Gasteiger partial charge in [0.2, 0.25) is 5.91 Å². The lowest BCUT2D eigenvalue weighted by atomic mass is 10.1. The minimum atomic E-state index is -0.690. The van der Waals surface area contributed by atoms with Gasteiger partial charge in [0.1, 0.15) is 24.3 Å². The van der Waals surface area contributed by atoms with Gasteiger partial charge in [0.25, 0.3) is 0 Å². The number of carbonyl (C=O) groups is 4. The highest BCUT2D eigenvalue weighted by molar-refractivity contribution is 5.86. The molecule has 0 saturated carbocycles. The van der Waals surface area contributed by atoms with Crippen molar-refractivity contribution in [2.24, 2.45) is 0 Å². The van der Waals surface area contributed by atoms with Gasteiger partial charge in [0.05, 0.1) is 6.61 Å². The fourth-order valence-corrected chi connectivity index (χ4v) is 2.41. The van der Waals surface area contributed by atoms with Crippen LogP contribution < -0.4 is 0 Å². The third kappa shape index (κ3) is 15.5. The molecule has 168 valence electrons. The SMILES string of the molecule is CCOC(=O)CCCCCC(=O)N(CC(=O)OC(C)(C)C)CC(=O)OC(C)(C)C. The van der Waals surface area contributed by atoms with E-state index in [9.17, 15) is 19.2 Å². The molecule has 0 unspecified atom stereocenters. The van der Waals surface area contributed by atoms with Crippen molar-refractivity contribution in [1.82, 2.24) is 4.90 Å². The molecule has 0 aromatic carbocycles. The zero-order valence-electron chi connectivity index (χ0n) is 19.0. The molecular weight excluding hydrogens is 378 g/mol. The second-order valence-corrected chi connectivity index (χ2v) is 8.79. The van der Waals surface area contributed by atoms with Crippen molar-refractivity contribution >= 4 is 23.8 Å². The lowest BCUT2D eigenvalue weighted by Crippen LogP contribution is -2.43. The molecule has 29 heavy (non-hydrogen) atoms. The summed E-state index contributed by atoms with van der Waals surface area (Å²) in [6, 6.07) is 0. The number of unbranched alkanes of at least 4 members (excludes halogenated alkanes) is 2. The predicted molar refractivity (Wildman–Crippen MR) is 108 cm³/mol. The molecule has 0 rings (SSSR count). The highest BCUT2D eigenvalue weighted by atomic mass is 16.6. The van der Waals surface area contributed by atoms with Gasteiger partial charge in [-0.2, -0.15) is 0 Å². The maximum Gasteiger partial charge on any atom is 0.326 e. The van der Waals surface area contributed by atoms with Gasteiger partial charge in [0.15, 0.2) is 0 Å². The number of hydrogen-bond acceptors (Lipinski definition) is 7. The van der Waals surface area contributed by atoms with Crippen molar-refractivity contribution < 1.29 is 33.4 Å². The van der Waals surface area contributed by atoms with Gasteiger partial charge < -0.3 is 19.1 Å². The van der Waals surface area contributed by atoms with E-state index in [0.29, 0.717) is 32.3 Å². The van der Waals surface area contributed by atoms with Crippen LogP contribution in [0.4, 0.5) is 0 Å². The molecule has 0 aliphatic carbocycles. The van der Waals surface area contributed by atoms with E-state index in [1.807, 2.05) is 0 Å². The van der Waals surface area contributed by atoms with Crippen LogP contribution in [0.2, 0.25) is 0 Å². The summed E-state index contributed by atoms with van der Waals surface area (Å²) in [6.45, 7) is 11.8. The van der Waals surface area contributed by atoms with Gasteiger partial charge in [-0.3, -0.25) is 19.2 Å². The van der Waals surface area contributed by atoms with Crippen molar-refractivity contribution in [1.29, 1.82) is 0 Å². The predicted octanol–water partition coefficient (Wildman–Crippen LogP) is 3.01. The summed E-state index contributed by atoms with van der Waals surface area (Å²) in [5.41, 5.74) is -1.38. The normalized spacial score (nSPS) is 11.6. The number of amides is 1. The van der Waals surface area contributed by atoms with Crippen LogP contribution >= 0.6 is 0 Å². The van der Waals surface area contributed by atoms with Gasteiger partial charge in [-0.15, -0.1) is 0 Å². The first-order chi connectivity index (χ1) is 13.2. The summed E-state index contributed by atoms with van der Waals surface area (Å²) < 4.78 is 15.4. The Hall–Kier alpha value is -2.12. The first-order valence-corrected chi connectivity index (χ1v) is 10.1. The van der Waals surface area contributed by atoms with Gasteiger partial charge in [0, 0.05) is 12.8 Å². The third-order valence-electron chi connectivity index (χ3n) is 3.41. The third-order valence-corrected chi connectivity index (χ3v) is 3.41. The van der Waals surface area contributed by atoms with Crippen LogP contribution in [0.25, 0.3) is 0 Å². The van der Waals surface area contributed by atoms with Gasteiger partial charge in [-0.05, 0) is 61.3 Å². The molecule has 0 aliphatic rings.